The third-order valence-electron chi connectivity index (χ3n) is 3.32. The van der Waals surface area contributed by atoms with Crippen LogP contribution in [0.25, 0.3) is 12.2 Å². The average Bonchev–Trinajstić information content (AvgIpc) is 2.45. The maximum absolute atomic E-state index is 10.1. The fourth-order valence-corrected chi connectivity index (χ4v) is 2.26. The quantitative estimate of drug-likeness (QED) is 0.848. The lowest BCUT2D eigenvalue weighted by molar-refractivity contribution is 0.463. The van der Waals surface area contributed by atoms with E-state index < -0.39 is 0 Å². The van der Waals surface area contributed by atoms with E-state index >= 15 is 0 Å². The van der Waals surface area contributed by atoms with Crippen LogP contribution >= 0.6 is 0 Å². The Labute approximate surface area is 125 Å². The molecule has 0 aliphatic heterocycles. The Hall–Kier alpha value is -2.48. The zero-order valence-electron chi connectivity index (χ0n) is 12.4. The van der Waals surface area contributed by atoms with Crippen molar-refractivity contribution in [1.29, 1.82) is 0 Å². The summed E-state index contributed by atoms with van der Waals surface area (Å²) in [5, 5.41) is 20.2. The molecule has 0 aliphatic rings. The Bertz CT molecular complexity index is 622. The molecule has 0 radical (unpaired) electrons. The van der Waals surface area contributed by atoms with Gasteiger partial charge in [-0.25, -0.2) is 0 Å². The van der Waals surface area contributed by atoms with Crippen LogP contribution in [-0.4, -0.2) is 10.2 Å². The van der Waals surface area contributed by atoms with Crippen molar-refractivity contribution < 1.29 is 10.2 Å². The van der Waals surface area contributed by atoms with E-state index in [4.69, 9.17) is 0 Å². The maximum atomic E-state index is 10.1. The summed E-state index contributed by atoms with van der Waals surface area (Å²) in [6, 6.07) is 11.2. The van der Waals surface area contributed by atoms with Crippen LogP contribution in [0, 0.1) is 0 Å². The molecule has 21 heavy (non-hydrogen) atoms. The van der Waals surface area contributed by atoms with Gasteiger partial charge in [0.1, 0.15) is 11.5 Å². The molecule has 0 bridgehead atoms. The van der Waals surface area contributed by atoms with E-state index in [0.717, 1.165) is 22.3 Å². The highest BCUT2D eigenvalue weighted by Gasteiger charge is 2.07. The lowest BCUT2D eigenvalue weighted by Crippen LogP contribution is -1.91. The van der Waals surface area contributed by atoms with Crippen molar-refractivity contribution in [2.24, 2.45) is 0 Å². The summed E-state index contributed by atoms with van der Waals surface area (Å²) in [6.07, 6.45) is 8.24. The summed E-state index contributed by atoms with van der Waals surface area (Å²) in [6.45, 7) is 3.88. The van der Waals surface area contributed by atoms with Gasteiger partial charge in [-0.05, 0) is 48.2 Å². The van der Waals surface area contributed by atoms with Crippen molar-refractivity contribution in [3.8, 4) is 11.5 Å². The Morgan fingerprint density at radius 3 is 1.52 bits per heavy atom. The monoisotopic (exact) mass is 280 g/mol. The molecule has 0 atom stereocenters. The third-order valence-corrected chi connectivity index (χ3v) is 3.32. The van der Waals surface area contributed by atoms with Crippen LogP contribution < -0.4 is 0 Å². The van der Waals surface area contributed by atoms with Gasteiger partial charge in [-0.15, -0.1) is 0 Å². The number of aromatic hydroxyl groups is 2. The fourth-order valence-electron chi connectivity index (χ4n) is 2.26. The first-order valence-corrected chi connectivity index (χ1v) is 7.03. The van der Waals surface area contributed by atoms with Crippen molar-refractivity contribution in [3.05, 3.63) is 70.8 Å². The third kappa shape index (κ3) is 3.76. The van der Waals surface area contributed by atoms with Crippen molar-refractivity contribution in [2.45, 2.75) is 20.3 Å². The molecule has 0 saturated heterocycles. The predicted molar refractivity (Wildman–Crippen MR) is 88.4 cm³/mol. The van der Waals surface area contributed by atoms with E-state index in [2.05, 4.69) is 0 Å². The number of hydrogen-bond acceptors (Lipinski definition) is 2. The molecule has 0 amide bonds. The van der Waals surface area contributed by atoms with Crippen LogP contribution in [0.2, 0.25) is 0 Å². The fraction of sp³-hybridized carbons (Fsp3) is 0.158. The summed E-state index contributed by atoms with van der Waals surface area (Å²) in [5.74, 6) is 0.505. The van der Waals surface area contributed by atoms with Gasteiger partial charge < -0.3 is 10.2 Å². The van der Waals surface area contributed by atoms with Crippen LogP contribution in [0.3, 0.4) is 0 Å². The zero-order valence-corrected chi connectivity index (χ0v) is 12.4. The van der Waals surface area contributed by atoms with E-state index in [1.165, 1.54) is 0 Å². The second-order valence-electron chi connectivity index (χ2n) is 4.95. The molecule has 0 fully saturated rings. The van der Waals surface area contributed by atoms with Gasteiger partial charge in [-0.3, -0.25) is 0 Å². The summed E-state index contributed by atoms with van der Waals surface area (Å²) >= 11 is 0. The first-order chi connectivity index (χ1) is 10.1. The number of phenolic OH excluding ortho intramolecular Hbond substituents is 2. The molecule has 2 N–H and O–H groups in total. The molecule has 0 heterocycles. The molecule has 0 aliphatic carbocycles. The summed E-state index contributed by atoms with van der Waals surface area (Å²) in [5.41, 5.74) is 3.53. The van der Waals surface area contributed by atoms with Crippen LogP contribution in [-0.2, 0) is 6.42 Å². The molecule has 2 aromatic rings. The van der Waals surface area contributed by atoms with Gasteiger partial charge in [0.05, 0.1) is 0 Å². The first kappa shape index (κ1) is 14.9. The highest BCUT2D eigenvalue weighted by Crippen LogP contribution is 2.27. The Morgan fingerprint density at radius 2 is 1.19 bits per heavy atom. The average molecular weight is 280 g/mol. The SMILES string of the molecule is CC=Cc1ccc(Cc2ccc(C=CC)cc2O)c(O)c1. The lowest BCUT2D eigenvalue weighted by atomic mass is 10.00. The smallest absolute Gasteiger partial charge is 0.119 e. The zero-order chi connectivity index (χ0) is 15.2. The van der Waals surface area contributed by atoms with E-state index in [0.29, 0.717) is 6.42 Å². The van der Waals surface area contributed by atoms with Gasteiger partial charge in [0.25, 0.3) is 0 Å². The molecule has 0 aromatic heterocycles. The van der Waals surface area contributed by atoms with Crippen LogP contribution in [0.4, 0.5) is 0 Å². The van der Waals surface area contributed by atoms with E-state index in [1.807, 2.05) is 62.4 Å². The van der Waals surface area contributed by atoms with Gasteiger partial charge >= 0.3 is 0 Å². The number of benzene rings is 2. The minimum absolute atomic E-state index is 0.252. The Morgan fingerprint density at radius 1 is 0.762 bits per heavy atom. The number of hydrogen-bond donors (Lipinski definition) is 2. The normalized spacial score (nSPS) is 11.5. The van der Waals surface area contributed by atoms with Gasteiger partial charge in [0, 0.05) is 6.42 Å². The lowest BCUT2D eigenvalue weighted by Gasteiger charge is -2.08. The van der Waals surface area contributed by atoms with Gasteiger partial charge in [-0.1, -0.05) is 48.6 Å². The highest BCUT2D eigenvalue weighted by atomic mass is 16.3. The summed E-state index contributed by atoms with van der Waals surface area (Å²) < 4.78 is 0. The van der Waals surface area contributed by atoms with Gasteiger partial charge in [0.15, 0.2) is 0 Å². The van der Waals surface area contributed by atoms with Crippen LogP contribution in [0.15, 0.2) is 48.6 Å². The van der Waals surface area contributed by atoms with E-state index in [1.54, 1.807) is 12.1 Å². The number of phenols is 2. The van der Waals surface area contributed by atoms with Crippen LogP contribution in [0.5, 0.6) is 11.5 Å². The van der Waals surface area contributed by atoms with Crippen molar-refractivity contribution in [1.82, 2.24) is 0 Å². The van der Waals surface area contributed by atoms with E-state index in [9.17, 15) is 10.2 Å². The first-order valence-electron chi connectivity index (χ1n) is 7.03. The molecular formula is C19H20O2. The standard InChI is InChI=1S/C19H20O2/c1-3-5-14-7-9-16(18(20)11-14)13-17-10-8-15(6-4-2)12-19(17)21/h3-12,20-21H,13H2,1-2H3. The summed E-state index contributed by atoms with van der Waals surface area (Å²) in [4.78, 5) is 0. The van der Waals surface area contributed by atoms with E-state index in [-0.39, 0.29) is 11.5 Å². The Kier molecular flexibility index (Phi) is 4.83. The molecule has 2 heteroatoms. The largest absolute Gasteiger partial charge is 0.508 e. The molecule has 2 aromatic carbocycles. The van der Waals surface area contributed by atoms with Crippen LogP contribution in [0.1, 0.15) is 36.1 Å². The highest BCUT2D eigenvalue weighted by molar-refractivity contribution is 5.56. The molecule has 0 unspecified atom stereocenters. The molecule has 0 saturated carbocycles. The summed E-state index contributed by atoms with van der Waals surface area (Å²) in [7, 11) is 0. The minimum atomic E-state index is 0.252. The maximum Gasteiger partial charge on any atom is 0.119 e. The number of rotatable bonds is 4. The molecule has 2 nitrogen and oxygen atoms in total. The Balaban J connectivity index is 2.26. The molecular weight excluding hydrogens is 260 g/mol. The van der Waals surface area contributed by atoms with Crippen molar-refractivity contribution >= 4 is 12.2 Å². The van der Waals surface area contributed by atoms with Gasteiger partial charge in [0.2, 0.25) is 0 Å². The number of allylic oxidation sites excluding steroid dienone is 2. The minimum Gasteiger partial charge on any atom is -0.508 e. The van der Waals surface area contributed by atoms with Crippen molar-refractivity contribution in [2.75, 3.05) is 0 Å². The second-order valence-corrected chi connectivity index (χ2v) is 4.95. The topological polar surface area (TPSA) is 40.5 Å². The molecule has 108 valence electrons. The molecule has 2 rings (SSSR count). The second kappa shape index (κ2) is 6.80. The predicted octanol–water partition coefficient (Wildman–Crippen LogP) is 4.75. The van der Waals surface area contributed by atoms with Crippen molar-refractivity contribution in [3.63, 3.8) is 0 Å². The van der Waals surface area contributed by atoms with Gasteiger partial charge in [-0.2, -0.15) is 0 Å². The molecule has 0 spiro atoms.